The van der Waals surface area contributed by atoms with Gasteiger partial charge < -0.3 is 5.32 Å². The Labute approximate surface area is 138 Å². The van der Waals surface area contributed by atoms with Gasteiger partial charge in [-0.1, -0.05) is 6.92 Å². The van der Waals surface area contributed by atoms with Crippen LogP contribution in [0.3, 0.4) is 0 Å². The maximum absolute atomic E-state index is 12.3. The van der Waals surface area contributed by atoms with E-state index in [9.17, 15) is 4.79 Å². The van der Waals surface area contributed by atoms with Crippen molar-refractivity contribution in [1.82, 2.24) is 20.0 Å². The van der Waals surface area contributed by atoms with Crippen LogP contribution >= 0.6 is 23.1 Å². The molecule has 1 atom stereocenters. The van der Waals surface area contributed by atoms with Crippen LogP contribution in [0.5, 0.6) is 0 Å². The number of anilines is 1. The van der Waals surface area contributed by atoms with Crippen molar-refractivity contribution in [2.45, 2.75) is 51.2 Å². The molecule has 0 radical (unpaired) electrons. The number of aryl methyl sites for hydroxylation is 1. The zero-order valence-electron chi connectivity index (χ0n) is 13.2. The third-order valence-corrected chi connectivity index (χ3v) is 5.45. The molecule has 2 aromatic heterocycles. The lowest BCUT2D eigenvalue weighted by atomic mass is 10.4. The van der Waals surface area contributed by atoms with Gasteiger partial charge in [-0.15, -0.1) is 33.3 Å². The SMILES string of the molecule is CCc1nnc(CS[C@H](C)C(=O)Nc2ccnn2C(C)C)s1. The van der Waals surface area contributed by atoms with E-state index in [1.54, 1.807) is 34.0 Å². The molecule has 0 bridgehead atoms. The first kappa shape index (κ1) is 17.0. The van der Waals surface area contributed by atoms with Gasteiger partial charge in [-0.2, -0.15) is 5.10 Å². The second-order valence-electron chi connectivity index (χ2n) is 5.14. The monoisotopic (exact) mass is 339 g/mol. The van der Waals surface area contributed by atoms with Crippen LogP contribution in [-0.4, -0.2) is 31.1 Å². The van der Waals surface area contributed by atoms with E-state index in [2.05, 4.69) is 27.5 Å². The van der Waals surface area contributed by atoms with Crippen LogP contribution in [0.25, 0.3) is 0 Å². The fraction of sp³-hybridized carbons (Fsp3) is 0.571. The summed E-state index contributed by atoms with van der Waals surface area (Å²) in [5.74, 6) is 1.42. The minimum absolute atomic E-state index is 0.0207. The van der Waals surface area contributed by atoms with E-state index in [1.165, 1.54) is 0 Å². The summed E-state index contributed by atoms with van der Waals surface area (Å²) in [6.07, 6.45) is 2.60. The minimum atomic E-state index is -0.163. The van der Waals surface area contributed by atoms with Crippen molar-refractivity contribution in [2.75, 3.05) is 5.32 Å². The Morgan fingerprint density at radius 3 is 2.73 bits per heavy atom. The van der Waals surface area contributed by atoms with Gasteiger partial charge >= 0.3 is 0 Å². The van der Waals surface area contributed by atoms with Gasteiger partial charge in [-0.25, -0.2) is 4.68 Å². The maximum Gasteiger partial charge on any atom is 0.238 e. The van der Waals surface area contributed by atoms with Gasteiger partial charge in [-0.05, 0) is 27.2 Å². The number of nitrogens with one attached hydrogen (secondary N) is 1. The van der Waals surface area contributed by atoms with Crippen molar-refractivity contribution >= 4 is 34.8 Å². The molecule has 0 saturated carbocycles. The summed E-state index contributed by atoms with van der Waals surface area (Å²) < 4.78 is 1.80. The Kier molecular flexibility index (Phi) is 5.96. The van der Waals surface area contributed by atoms with E-state index in [4.69, 9.17) is 0 Å². The highest BCUT2D eigenvalue weighted by molar-refractivity contribution is 7.99. The van der Waals surface area contributed by atoms with E-state index in [-0.39, 0.29) is 17.2 Å². The van der Waals surface area contributed by atoms with Crippen LogP contribution in [0.15, 0.2) is 12.3 Å². The van der Waals surface area contributed by atoms with Gasteiger partial charge in [0.1, 0.15) is 15.8 Å². The largest absolute Gasteiger partial charge is 0.310 e. The average Bonchev–Trinajstić information content (AvgIpc) is 3.13. The highest BCUT2D eigenvalue weighted by Gasteiger charge is 2.17. The summed E-state index contributed by atoms with van der Waals surface area (Å²) in [5.41, 5.74) is 0. The molecule has 6 nitrogen and oxygen atoms in total. The fourth-order valence-corrected chi connectivity index (χ4v) is 3.49. The molecule has 1 amide bonds. The van der Waals surface area contributed by atoms with Crippen molar-refractivity contribution in [3.8, 4) is 0 Å². The standard InChI is InChI=1S/C14H21N5OS2/c1-5-12-17-18-13(22-12)8-21-10(4)14(20)16-11-6-7-15-19(11)9(2)3/h6-7,9-10H,5,8H2,1-4H3,(H,16,20)/t10-/m1/s1. The summed E-state index contributed by atoms with van der Waals surface area (Å²) in [6, 6.07) is 2.02. The molecule has 0 aromatic carbocycles. The van der Waals surface area contributed by atoms with Gasteiger partial charge in [0.25, 0.3) is 0 Å². The van der Waals surface area contributed by atoms with Crippen LogP contribution < -0.4 is 5.32 Å². The Morgan fingerprint density at radius 1 is 1.36 bits per heavy atom. The number of carbonyl (C=O) groups excluding carboxylic acids is 1. The maximum atomic E-state index is 12.3. The van der Waals surface area contributed by atoms with Crippen LogP contribution in [0, 0.1) is 0 Å². The van der Waals surface area contributed by atoms with E-state index in [0.29, 0.717) is 5.75 Å². The van der Waals surface area contributed by atoms with Gasteiger partial charge in [0, 0.05) is 17.9 Å². The minimum Gasteiger partial charge on any atom is -0.310 e. The third-order valence-electron chi connectivity index (χ3n) is 3.05. The Hall–Kier alpha value is -1.41. The van der Waals surface area contributed by atoms with Crippen molar-refractivity contribution in [2.24, 2.45) is 0 Å². The lowest BCUT2D eigenvalue weighted by Gasteiger charge is -2.14. The first-order chi connectivity index (χ1) is 10.5. The number of hydrogen-bond donors (Lipinski definition) is 1. The number of rotatable bonds is 7. The number of aromatic nitrogens is 4. The number of carbonyl (C=O) groups is 1. The number of thioether (sulfide) groups is 1. The molecule has 22 heavy (non-hydrogen) atoms. The molecule has 0 aliphatic carbocycles. The van der Waals surface area contributed by atoms with Gasteiger partial charge in [0.2, 0.25) is 5.91 Å². The normalized spacial score (nSPS) is 12.6. The molecular formula is C14H21N5OS2. The topological polar surface area (TPSA) is 72.7 Å². The third kappa shape index (κ3) is 4.30. The van der Waals surface area contributed by atoms with Crippen molar-refractivity contribution in [1.29, 1.82) is 0 Å². The fourth-order valence-electron chi connectivity index (χ4n) is 1.81. The molecule has 0 aliphatic rings. The van der Waals surface area contributed by atoms with Gasteiger partial charge in [0.15, 0.2) is 0 Å². The van der Waals surface area contributed by atoms with Crippen LogP contribution in [-0.2, 0) is 17.0 Å². The summed E-state index contributed by atoms with van der Waals surface area (Å²) >= 11 is 3.17. The molecule has 0 unspecified atom stereocenters. The number of amides is 1. The molecule has 0 fully saturated rings. The average molecular weight is 339 g/mol. The zero-order valence-corrected chi connectivity index (χ0v) is 14.9. The molecule has 0 aliphatic heterocycles. The lowest BCUT2D eigenvalue weighted by molar-refractivity contribution is -0.115. The molecule has 0 spiro atoms. The molecule has 120 valence electrons. The highest BCUT2D eigenvalue weighted by Crippen LogP contribution is 2.22. The van der Waals surface area contributed by atoms with Crippen molar-refractivity contribution in [3.05, 3.63) is 22.3 Å². The molecule has 1 N–H and O–H groups in total. The summed E-state index contributed by atoms with van der Waals surface area (Å²) in [4.78, 5) is 12.3. The number of nitrogens with zero attached hydrogens (tertiary/aromatic N) is 4. The second-order valence-corrected chi connectivity index (χ2v) is 7.62. The highest BCUT2D eigenvalue weighted by atomic mass is 32.2. The van der Waals surface area contributed by atoms with Crippen LogP contribution in [0.1, 0.15) is 43.8 Å². The van der Waals surface area contributed by atoms with Gasteiger partial charge in [-0.3, -0.25) is 4.79 Å². The summed E-state index contributed by atoms with van der Waals surface area (Å²) in [6.45, 7) is 8.02. The number of hydrogen-bond acceptors (Lipinski definition) is 6. The van der Waals surface area contributed by atoms with E-state index in [0.717, 1.165) is 22.3 Å². The first-order valence-corrected chi connectivity index (χ1v) is 9.15. The molecule has 2 rings (SSSR count). The van der Waals surface area contributed by atoms with Gasteiger partial charge in [0.05, 0.1) is 11.4 Å². The van der Waals surface area contributed by atoms with Crippen molar-refractivity contribution < 1.29 is 4.79 Å². The molecule has 0 saturated heterocycles. The Bertz CT molecular complexity index is 622. The molecule has 2 heterocycles. The Morgan fingerprint density at radius 2 is 2.09 bits per heavy atom. The second kappa shape index (κ2) is 7.73. The molecule has 2 aromatic rings. The van der Waals surface area contributed by atoms with Crippen LogP contribution in [0.2, 0.25) is 0 Å². The quantitative estimate of drug-likeness (QED) is 0.839. The smallest absolute Gasteiger partial charge is 0.238 e. The zero-order chi connectivity index (χ0) is 16.1. The van der Waals surface area contributed by atoms with E-state index in [1.807, 2.05) is 26.8 Å². The van der Waals surface area contributed by atoms with E-state index >= 15 is 0 Å². The predicted molar refractivity (Wildman–Crippen MR) is 91.3 cm³/mol. The van der Waals surface area contributed by atoms with E-state index < -0.39 is 0 Å². The van der Waals surface area contributed by atoms with Crippen LogP contribution in [0.4, 0.5) is 5.82 Å². The summed E-state index contributed by atoms with van der Waals surface area (Å²) in [5, 5.41) is 17.2. The Balaban J connectivity index is 1.87. The summed E-state index contributed by atoms with van der Waals surface area (Å²) in [7, 11) is 0. The first-order valence-electron chi connectivity index (χ1n) is 7.28. The predicted octanol–water partition coefficient (Wildman–Crippen LogP) is 3.14. The lowest BCUT2D eigenvalue weighted by Crippen LogP contribution is -2.24. The molecule has 8 heteroatoms. The van der Waals surface area contributed by atoms with Crippen molar-refractivity contribution in [3.63, 3.8) is 0 Å². The molecular weight excluding hydrogens is 318 g/mol.